The summed E-state index contributed by atoms with van der Waals surface area (Å²) in [6.07, 6.45) is -0.300. The van der Waals surface area contributed by atoms with Crippen molar-refractivity contribution in [3.63, 3.8) is 0 Å². The highest BCUT2D eigenvalue weighted by atomic mass is 32.2. The van der Waals surface area contributed by atoms with Crippen LogP contribution < -0.4 is 5.32 Å². The van der Waals surface area contributed by atoms with E-state index in [0.29, 0.717) is 31.7 Å². The summed E-state index contributed by atoms with van der Waals surface area (Å²) in [5.41, 5.74) is 1.38. The Hall–Kier alpha value is -2.01. The molecule has 2 aliphatic rings. The number of ether oxygens (including phenoxy) is 1. The molecule has 1 aromatic carbocycles. The van der Waals surface area contributed by atoms with Crippen LogP contribution in [0.2, 0.25) is 0 Å². The minimum absolute atomic E-state index is 0.113. The third-order valence-electron chi connectivity index (χ3n) is 5.42. The Morgan fingerprint density at radius 1 is 1.03 bits per heavy atom. The third-order valence-corrected chi connectivity index (χ3v) is 7.39. The monoisotopic (exact) mass is 438 g/mol. The van der Waals surface area contributed by atoms with Gasteiger partial charge in [0.25, 0.3) is 16.1 Å². The van der Waals surface area contributed by atoms with Crippen molar-refractivity contribution in [3.05, 3.63) is 35.4 Å². The SMILES string of the molecule is Cc1ccccc1C(=O)NCC(=O)N1CCN(S(=O)(=O)N2CC(C)OC(C)C2)CC1. The fourth-order valence-electron chi connectivity index (χ4n) is 3.84. The second-order valence-electron chi connectivity index (χ2n) is 7.86. The molecule has 2 fully saturated rings. The van der Waals surface area contributed by atoms with Gasteiger partial charge in [-0.2, -0.15) is 17.0 Å². The summed E-state index contributed by atoms with van der Waals surface area (Å²) in [6, 6.07) is 7.18. The van der Waals surface area contributed by atoms with Crippen LogP contribution in [0.3, 0.4) is 0 Å². The van der Waals surface area contributed by atoms with E-state index in [-0.39, 0.29) is 43.7 Å². The molecule has 2 saturated heterocycles. The molecule has 0 aliphatic carbocycles. The topological polar surface area (TPSA) is 99.3 Å². The molecule has 3 rings (SSSR count). The first-order valence-electron chi connectivity index (χ1n) is 10.2. The molecule has 0 radical (unpaired) electrons. The smallest absolute Gasteiger partial charge is 0.282 e. The number of morpholine rings is 1. The maximum atomic E-state index is 12.9. The minimum Gasteiger partial charge on any atom is -0.373 e. The Labute approximate surface area is 178 Å². The average molecular weight is 439 g/mol. The zero-order valence-electron chi connectivity index (χ0n) is 17.7. The molecule has 0 aromatic heterocycles. The van der Waals surface area contributed by atoms with Crippen LogP contribution in [0.5, 0.6) is 0 Å². The normalized spacial score (nSPS) is 23.9. The molecule has 2 unspecified atom stereocenters. The van der Waals surface area contributed by atoms with Crippen molar-refractivity contribution in [2.75, 3.05) is 45.8 Å². The number of nitrogens with zero attached hydrogens (tertiary/aromatic N) is 3. The molecular formula is C20H30N4O5S. The first-order valence-corrected chi connectivity index (χ1v) is 11.6. The van der Waals surface area contributed by atoms with Gasteiger partial charge in [0.05, 0.1) is 18.8 Å². The summed E-state index contributed by atoms with van der Waals surface area (Å²) in [5.74, 6) is -0.513. The van der Waals surface area contributed by atoms with Crippen molar-refractivity contribution in [3.8, 4) is 0 Å². The molecule has 166 valence electrons. The summed E-state index contributed by atoms with van der Waals surface area (Å²) >= 11 is 0. The van der Waals surface area contributed by atoms with Gasteiger partial charge in [-0.1, -0.05) is 18.2 Å². The zero-order chi connectivity index (χ0) is 21.9. The lowest BCUT2D eigenvalue weighted by molar-refractivity contribution is -0.131. The Morgan fingerprint density at radius 2 is 1.63 bits per heavy atom. The Balaban J connectivity index is 1.50. The summed E-state index contributed by atoms with van der Waals surface area (Å²) in [4.78, 5) is 26.4. The molecule has 0 bridgehead atoms. The number of hydrogen-bond acceptors (Lipinski definition) is 5. The molecule has 2 heterocycles. The van der Waals surface area contributed by atoms with Crippen molar-refractivity contribution >= 4 is 22.0 Å². The summed E-state index contributed by atoms with van der Waals surface area (Å²) in [6.45, 7) is 7.18. The van der Waals surface area contributed by atoms with Crippen molar-refractivity contribution < 1.29 is 22.7 Å². The fraction of sp³-hybridized carbons (Fsp3) is 0.600. The molecule has 1 aromatic rings. The van der Waals surface area contributed by atoms with E-state index >= 15 is 0 Å². The number of rotatable bonds is 5. The number of amides is 2. The Bertz CT molecular complexity index is 873. The van der Waals surface area contributed by atoms with Crippen molar-refractivity contribution in [1.82, 2.24) is 18.8 Å². The van der Waals surface area contributed by atoms with Crippen molar-refractivity contribution in [2.24, 2.45) is 0 Å². The lowest BCUT2D eigenvalue weighted by Crippen LogP contribution is -2.58. The van der Waals surface area contributed by atoms with Gasteiger partial charge in [-0.3, -0.25) is 9.59 Å². The van der Waals surface area contributed by atoms with Gasteiger partial charge in [-0.15, -0.1) is 0 Å². The highest BCUT2D eigenvalue weighted by Gasteiger charge is 2.37. The number of piperazine rings is 1. The summed E-state index contributed by atoms with van der Waals surface area (Å²) in [5, 5.41) is 2.66. The summed E-state index contributed by atoms with van der Waals surface area (Å²) < 4.78 is 34.4. The van der Waals surface area contributed by atoms with Crippen LogP contribution in [0.1, 0.15) is 29.8 Å². The van der Waals surface area contributed by atoms with E-state index in [9.17, 15) is 18.0 Å². The highest BCUT2D eigenvalue weighted by Crippen LogP contribution is 2.19. The number of aryl methyl sites for hydroxylation is 1. The second kappa shape index (κ2) is 9.42. The van der Waals surface area contributed by atoms with E-state index in [1.807, 2.05) is 32.9 Å². The number of nitrogens with one attached hydrogen (secondary N) is 1. The first kappa shape index (κ1) is 22.7. The number of benzene rings is 1. The van der Waals surface area contributed by atoms with Crippen LogP contribution in [0.25, 0.3) is 0 Å². The molecule has 30 heavy (non-hydrogen) atoms. The van der Waals surface area contributed by atoms with E-state index in [2.05, 4.69) is 5.32 Å². The predicted molar refractivity (Wildman–Crippen MR) is 112 cm³/mol. The van der Waals surface area contributed by atoms with Gasteiger partial charge in [0.15, 0.2) is 0 Å². The van der Waals surface area contributed by atoms with E-state index < -0.39 is 10.2 Å². The van der Waals surface area contributed by atoms with E-state index in [4.69, 9.17) is 4.74 Å². The number of hydrogen-bond donors (Lipinski definition) is 1. The Kier molecular flexibility index (Phi) is 7.12. The van der Waals surface area contributed by atoms with Crippen LogP contribution >= 0.6 is 0 Å². The lowest BCUT2D eigenvalue weighted by Gasteiger charge is -2.40. The molecule has 2 aliphatic heterocycles. The largest absolute Gasteiger partial charge is 0.373 e. The highest BCUT2D eigenvalue weighted by molar-refractivity contribution is 7.86. The summed E-state index contributed by atoms with van der Waals surface area (Å²) in [7, 11) is -3.59. The van der Waals surface area contributed by atoms with Gasteiger partial charge in [0.1, 0.15) is 0 Å². The third kappa shape index (κ3) is 5.18. The number of carbonyl (C=O) groups excluding carboxylic acids is 2. The number of carbonyl (C=O) groups is 2. The van der Waals surface area contributed by atoms with Crippen LogP contribution in [-0.2, 0) is 19.7 Å². The zero-order valence-corrected chi connectivity index (χ0v) is 18.5. The minimum atomic E-state index is -3.59. The van der Waals surface area contributed by atoms with Crippen LogP contribution in [0, 0.1) is 6.92 Å². The molecule has 2 atom stereocenters. The van der Waals surface area contributed by atoms with Gasteiger partial charge in [0.2, 0.25) is 5.91 Å². The van der Waals surface area contributed by atoms with E-state index in [0.717, 1.165) is 5.56 Å². The van der Waals surface area contributed by atoms with Crippen molar-refractivity contribution in [1.29, 1.82) is 0 Å². The maximum absolute atomic E-state index is 12.9. The molecule has 9 nitrogen and oxygen atoms in total. The van der Waals surface area contributed by atoms with Gasteiger partial charge in [0, 0.05) is 44.8 Å². The first-order chi connectivity index (χ1) is 14.2. The van der Waals surface area contributed by atoms with Gasteiger partial charge in [-0.25, -0.2) is 0 Å². The molecule has 2 amide bonds. The quantitative estimate of drug-likeness (QED) is 0.709. The van der Waals surface area contributed by atoms with Crippen LogP contribution in [0.15, 0.2) is 24.3 Å². The molecule has 10 heteroatoms. The van der Waals surface area contributed by atoms with E-state index in [1.165, 1.54) is 8.61 Å². The molecule has 0 saturated carbocycles. The maximum Gasteiger partial charge on any atom is 0.282 e. The van der Waals surface area contributed by atoms with Crippen LogP contribution in [0.4, 0.5) is 0 Å². The van der Waals surface area contributed by atoms with Gasteiger partial charge >= 0.3 is 0 Å². The Morgan fingerprint density at radius 3 is 2.23 bits per heavy atom. The second-order valence-corrected chi connectivity index (χ2v) is 9.79. The van der Waals surface area contributed by atoms with E-state index in [1.54, 1.807) is 17.0 Å². The molecular weight excluding hydrogens is 408 g/mol. The molecule has 1 N–H and O–H groups in total. The standard InChI is InChI=1S/C20H30N4O5S/c1-15-6-4-5-7-18(15)20(26)21-12-19(25)22-8-10-23(11-9-22)30(27,28)24-13-16(2)29-17(3)14-24/h4-7,16-17H,8-14H2,1-3H3,(H,21,26). The molecule has 0 spiro atoms. The van der Waals surface area contributed by atoms with Crippen LogP contribution in [-0.4, -0.2) is 91.8 Å². The predicted octanol–water partition coefficient (Wildman–Crippen LogP) is 0.223. The van der Waals surface area contributed by atoms with Gasteiger partial charge < -0.3 is 15.0 Å². The van der Waals surface area contributed by atoms with Crippen molar-refractivity contribution in [2.45, 2.75) is 33.0 Å². The van der Waals surface area contributed by atoms with Gasteiger partial charge in [-0.05, 0) is 32.4 Å². The fourth-order valence-corrected chi connectivity index (χ4v) is 5.59. The lowest BCUT2D eigenvalue weighted by atomic mass is 10.1. The average Bonchev–Trinajstić information content (AvgIpc) is 2.71.